The molecule has 1 aromatic heterocycles. The lowest BCUT2D eigenvalue weighted by atomic mass is 9.91. The predicted molar refractivity (Wildman–Crippen MR) is 121 cm³/mol. The van der Waals surface area contributed by atoms with E-state index in [1.807, 2.05) is 0 Å². The van der Waals surface area contributed by atoms with E-state index in [-0.39, 0.29) is 23.8 Å². The molecule has 4 rings (SSSR count). The van der Waals surface area contributed by atoms with E-state index in [1.54, 1.807) is 16.3 Å². The number of carbonyl (C=O) groups is 4. The van der Waals surface area contributed by atoms with E-state index in [2.05, 4.69) is 5.32 Å². The second kappa shape index (κ2) is 9.80. The zero-order valence-corrected chi connectivity index (χ0v) is 19.6. The summed E-state index contributed by atoms with van der Waals surface area (Å²) in [7, 11) is 1.29. The number of thiophene rings is 1. The van der Waals surface area contributed by atoms with E-state index < -0.39 is 17.9 Å². The van der Waals surface area contributed by atoms with E-state index in [4.69, 9.17) is 4.74 Å². The van der Waals surface area contributed by atoms with E-state index in [0.29, 0.717) is 47.3 Å². The van der Waals surface area contributed by atoms with Gasteiger partial charge in [0.2, 0.25) is 18.2 Å². The summed E-state index contributed by atoms with van der Waals surface area (Å²) in [5.74, 6) is -1.21. The normalized spacial score (nSPS) is 22.2. The van der Waals surface area contributed by atoms with Crippen molar-refractivity contribution in [3.8, 4) is 0 Å². The predicted octanol–water partition coefficient (Wildman–Crippen LogP) is 2.90. The van der Waals surface area contributed by atoms with Gasteiger partial charge in [-0.3, -0.25) is 19.6 Å². The Morgan fingerprint density at radius 1 is 1.36 bits per heavy atom. The Balaban J connectivity index is 1.51. The highest BCUT2D eigenvalue weighted by molar-refractivity contribution is 7.12. The average molecular weight is 478 g/mol. The van der Waals surface area contributed by atoms with Gasteiger partial charge in [-0.15, -0.1) is 11.3 Å². The van der Waals surface area contributed by atoms with Crippen molar-refractivity contribution in [2.24, 2.45) is 17.3 Å². The standard InChI is InChI=1S/C23H31N3O6S/c1-32-22(30)19-17(6-9-33-19)24-20(28)18-11-23(7-8-23)13-26(18)21(29)16(12-25(31)14-27)10-15-4-2-3-5-15/h6,9,14-16,18,31H,2-5,7-8,10-13H2,1H3,(H,24,28)/t16-,18+/m1/s1. The number of likely N-dealkylation sites (tertiary alicyclic amines) is 1. The van der Waals surface area contributed by atoms with E-state index in [9.17, 15) is 24.4 Å². The first kappa shape index (κ1) is 23.7. The number of hydrogen-bond donors (Lipinski definition) is 2. The van der Waals surface area contributed by atoms with Gasteiger partial charge in [0, 0.05) is 6.54 Å². The number of carbonyl (C=O) groups excluding carboxylic acids is 4. The van der Waals surface area contributed by atoms with Crippen molar-refractivity contribution in [3.05, 3.63) is 16.3 Å². The molecule has 2 saturated carbocycles. The summed E-state index contributed by atoms with van der Waals surface area (Å²) in [4.78, 5) is 51.9. The molecule has 2 N–H and O–H groups in total. The highest BCUT2D eigenvalue weighted by atomic mass is 32.1. The van der Waals surface area contributed by atoms with Crippen molar-refractivity contribution in [1.29, 1.82) is 0 Å². The molecule has 180 valence electrons. The third-order valence-corrected chi connectivity index (χ3v) is 8.21. The summed E-state index contributed by atoms with van der Waals surface area (Å²) < 4.78 is 4.79. The smallest absolute Gasteiger partial charge is 0.350 e. The van der Waals surface area contributed by atoms with Crippen LogP contribution in [-0.4, -0.2) is 65.6 Å². The number of anilines is 1. The number of nitrogens with zero attached hydrogens (tertiary/aromatic N) is 2. The van der Waals surface area contributed by atoms with Gasteiger partial charge >= 0.3 is 5.97 Å². The summed E-state index contributed by atoms with van der Waals surface area (Å²) >= 11 is 1.18. The number of methoxy groups -OCH3 is 1. The van der Waals surface area contributed by atoms with Crippen LogP contribution in [0.15, 0.2) is 11.4 Å². The van der Waals surface area contributed by atoms with Crippen LogP contribution < -0.4 is 5.32 Å². The van der Waals surface area contributed by atoms with Gasteiger partial charge in [0.1, 0.15) is 10.9 Å². The maximum Gasteiger partial charge on any atom is 0.350 e. The van der Waals surface area contributed by atoms with Gasteiger partial charge in [0.15, 0.2) is 0 Å². The first-order valence-electron chi connectivity index (χ1n) is 11.5. The largest absolute Gasteiger partial charge is 0.465 e. The lowest BCUT2D eigenvalue weighted by molar-refractivity contribution is -0.158. The highest BCUT2D eigenvalue weighted by Crippen LogP contribution is 2.55. The average Bonchev–Trinajstić information content (AvgIpc) is 3.19. The van der Waals surface area contributed by atoms with Crippen LogP contribution >= 0.6 is 11.3 Å². The Labute approximate surface area is 197 Å². The SMILES string of the molecule is COC(=O)c1sccc1NC(=O)[C@@H]1CC2(CC2)CN1C(=O)[C@H](CC1CCCC1)CN(O)C=O. The van der Waals surface area contributed by atoms with Crippen LogP contribution in [0.25, 0.3) is 0 Å². The molecule has 0 aromatic carbocycles. The molecule has 10 heteroatoms. The first-order valence-corrected chi connectivity index (χ1v) is 12.4. The van der Waals surface area contributed by atoms with Crippen LogP contribution in [0.1, 0.15) is 61.0 Å². The summed E-state index contributed by atoms with van der Waals surface area (Å²) in [6, 6.07) is 0.999. The van der Waals surface area contributed by atoms with Gasteiger partial charge in [-0.1, -0.05) is 25.7 Å². The molecule has 3 fully saturated rings. The van der Waals surface area contributed by atoms with Crippen LogP contribution in [0.3, 0.4) is 0 Å². The minimum atomic E-state index is -0.653. The van der Waals surface area contributed by atoms with Crippen molar-refractivity contribution >= 4 is 41.2 Å². The molecule has 33 heavy (non-hydrogen) atoms. The molecule has 2 atom stereocenters. The Morgan fingerprint density at radius 3 is 2.73 bits per heavy atom. The number of nitrogens with one attached hydrogen (secondary N) is 1. The Hall–Kier alpha value is -2.46. The molecular weight excluding hydrogens is 446 g/mol. The molecule has 3 aliphatic rings. The lowest BCUT2D eigenvalue weighted by Gasteiger charge is -2.30. The van der Waals surface area contributed by atoms with E-state index in [0.717, 1.165) is 38.5 Å². The lowest BCUT2D eigenvalue weighted by Crippen LogP contribution is -2.48. The highest BCUT2D eigenvalue weighted by Gasteiger charge is 2.56. The monoisotopic (exact) mass is 477 g/mol. The second-order valence-corrected chi connectivity index (χ2v) is 10.6. The number of amides is 3. The van der Waals surface area contributed by atoms with Gasteiger partial charge in [-0.25, -0.2) is 9.86 Å². The molecule has 1 spiro atoms. The molecule has 3 amide bonds. The number of hydrogen-bond acceptors (Lipinski definition) is 7. The van der Waals surface area contributed by atoms with Crippen LogP contribution in [0.5, 0.6) is 0 Å². The van der Waals surface area contributed by atoms with E-state index >= 15 is 0 Å². The summed E-state index contributed by atoms with van der Waals surface area (Å²) in [5.41, 5.74) is 0.352. The zero-order valence-electron chi connectivity index (χ0n) is 18.8. The maximum absolute atomic E-state index is 13.7. The third kappa shape index (κ3) is 5.22. The van der Waals surface area contributed by atoms with Crippen molar-refractivity contribution < 1.29 is 29.1 Å². The van der Waals surface area contributed by atoms with E-state index in [1.165, 1.54) is 18.4 Å². The summed E-state index contributed by atoms with van der Waals surface area (Å²) in [5, 5.41) is 14.9. The fraction of sp³-hybridized carbons (Fsp3) is 0.652. The number of rotatable bonds is 9. The fourth-order valence-corrected chi connectivity index (χ4v) is 6.11. The molecule has 1 aromatic rings. The molecule has 0 unspecified atom stereocenters. The maximum atomic E-state index is 13.7. The van der Waals surface area contributed by atoms with Crippen LogP contribution in [-0.2, 0) is 19.1 Å². The minimum Gasteiger partial charge on any atom is -0.465 e. The molecule has 2 aliphatic carbocycles. The second-order valence-electron chi connectivity index (χ2n) is 9.64. The van der Waals surface area contributed by atoms with Gasteiger partial charge in [0.25, 0.3) is 0 Å². The van der Waals surface area contributed by atoms with Crippen molar-refractivity contribution in [3.63, 3.8) is 0 Å². The molecule has 0 bridgehead atoms. The van der Waals surface area contributed by atoms with Crippen molar-refractivity contribution in [2.45, 2.75) is 57.4 Å². The summed E-state index contributed by atoms with van der Waals surface area (Å²) in [6.45, 7) is 0.429. The Bertz CT molecular complexity index is 908. The third-order valence-electron chi connectivity index (χ3n) is 7.32. The molecular formula is C23H31N3O6S. The summed E-state index contributed by atoms with van der Waals surface area (Å²) in [6.07, 6.45) is 7.77. The van der Waals surface area contributed by atoms with Crippen LogP contribution in [0, 0.1) is 17.3 Å². The first-order chi connectivity index (χ1) is 15.9. The number of hydroxylamine groups is 2. The van der Waals surface area contributed by atoms with Crippen LogP contribution in [0.2, 0.25) is 0 Å². The Kier molecular flexibility index (Phi) is 7.04. The fourth-order valence-electron chi connectivity index (χ4n) is 5.34. The van der Waals surface area contributed by atoms with Gasteiger partial charge in [-0.05, 0) is 48.5 Å². The molecule has 2 heterocycles. The van der Waals surface area contributed by atoms with Crippen molar-refractivity contribution in [2.75, 3.05) is 25.5 Å². The van der Waals surface area contributed by atoms with Gasteiger partial charge in [0.05, 0.1) is 25.3 Å². The van der Waals surface area contributed by atoms with Gasteiger partial charge < -0.3 is 15.0 Å². The quantitative estimate of drug-likeness (QED) is 0.245. The van der Waals surface area contributed by atoms with Gasteiger partial charge in [-0.2, -0.15) is 0 Å². The number of ether oxygens (including phenoxy) is 1. The molecule has 1 aliphatic heterocycles. The zero-order chi connectivity index (χ0) is 23.6. The van der Waals surface area contributed by atoms with Crippen LogP contribution in [0.4, 0.5) is 5.69 Å². The minimum absolute atomic E-state index is 0.0288. The van der Waals surface area contributed by atoms with Crippen molar-refractivity contribution in [1.82, 2.24) is 9.96 Å². The Morgan fingerprint density at radius 2 is 2.09 bits per heavy atom. The molecule has 1 saturated heterocycles. The number of esters is 1. The topological polar surface area (TPSA) is 116 Å². The molecule has 9 nitrogen and oxygen atoms in total. The molecule has 0 radical (unpaired) electrons.